The number of carbonyl (C=O) groups is 2. The molecule has 1 saturated heterocycles. The molecule has 0 spiro atoms. The average Bonchev–Trinajstić information content (AvgIpc) is 2.33. The predicted molar refractivity (Wildman–Crippen MR) is 75.5 cm³/mol. The lowest BCUT2D eigenvalue weighted by Crippen LogP contribution is -2.55. The van der Waals surface area contributed by atoms with E-state index in [1.165, 1.54) is 5.56 Å². The fraction of sp³-hybridized carbons (Fsp3) is 0.467. The van der Waals surface area contributed by atoms with Gasteiger partial charge < -0.3 is 15.3 Å². The van der Waals surface area contributed by atoms with Gasteiger partial charge in [-0.1, -0.05) is 30.3 Å². The van der Waals surface area contributed by atoms with Gasteiger partial charge in [-0.15, -0.1) is 0 Å². The number of carbonyl (C=O) groups excluding carboxylic acids is 1. The molecule has 20 heavy (non-hydrogen) atoms. The van der Waals surface area contributed by atoms with E-state index in [1.54, 1.807) is 4.90 Å². The first kappa shape index (κ1) is 14.4. The van der Waals surface area contributed by atoms with Crippen LogP contribution < -0.4 is 5.32 Å². The van der Waals surface area contributed by atoms with Gasteiger partial charge in [-0.25, -0.2) is 4.79 Å². The van der Waals surface area contributed by atoms with Crippen molar-refractivity contribution < 1.29 is 14.7 Å². The molecule has 0 aliphatic carbocycles. The fourth-order valence-corrected chi connectivity index (χ4v) is 2.43. The highest BCUT2D eigenvalue weighted by Crippen LogP contribution is 2.19. The van der Waals surface area contributed by atoms with Crippen molar-refractivity contribution in [2.75, 3.05) is 13.1 Å². The molecule has 1 heterocycles. The summed E-state index contributed by atoms with van der Waals surface area (Å²) in [4.78, 5) is 24.1. The van der Waals surface area contributed by atoms with Gasteiger partial charge in [-0.05, 0) is 18.9 Å². The number of likely N-dealkylation sites (tertiary alicyclic amines) is 1. The monoisotopic (exact) mass is 276 g/mol. The van der Waals surface area contributed by atoms with Crippen molar-refractivity contribution in [3.63, 3.8) is 0 Å². The number of carboxylic acid groups (broad SMARTS) is 1. The van der Waals surface area contributed by atoms with Crippen LogP contribution in [-0.4, -0.2) is 41.1 Å². The Morgan fingerprint density at radius 3 is 2.60 bits per heavy atom. The summed E-state index contributed by atoms with van der Waals surface area (Å²) >= 11 is 0. The maximum absolute atomic E-state index is 11.9. The molecule has 0 aromatic heterocycles. The Morgan fingerprint density at radius 2 is 2.00 bits per heavy atom. The van der Waals surface area contributed by atoms with Gasteiger partial charge in [0.2, 0.25) is 0 Å². The van der Waals surface area contributed by atoms with Crippen LogP contribution in [0.4, 0.5) is 4.79 Å². The van der Waals surface area contributed by atoms with Crippen molar-refractivity contribution in [1.29, 1.82) is 0 Å². The summed E-state index contributed by atoms with van der Waals surface area (Å²) in [7, 11) is 0. The molecule has 0 bridgehead atoms. The van der Waals surface area contributed by atoms with Gasteiger partial charge >= 0.3 is 12.0 Å². The molecule has 1 aromatic rings. The van der Waals surface area contributed by atoms with E-state index in [1.807, 2.05) is 37.3 Å². The number of amides is 2. The Kier molecular flexibility index (Phi) is 4.61. The number of carboxylic acids is 1. The average molecular weight is 276 g/mol. The predicted octanol–water partition coefficient (Wildman–Crippen LogP) is 1.73. The van der Waals surface area contributed by atoms with Crippen molar-refractivity contribution in [1.82, 2.24) is 10.2 Å². The number of hydrogen-bond acceptors (Lipinski definition) is 2. The highest BCUT2D eigenvalue weighted by atomic mass is 16.4. The molecular formula is C15H20N2O3. The second-order valence-corrected chi connectivity index (χ2v) is 5.41. The maximum Gasteiger partial charge on any atom is 0.317 e. The van der Waals surface area contributed by atoms with Crippen molar-refractivity contribution in [2.24, 2.45) is 5.92 Å². The van der Waals surface area contributed by atoms with Gasteiger partial charge in [0, 0.05) is 25.0 Å². The van der Waals surface area contributed by atoms with E-state index in [0.29, 0.717) is 13.1 Å². The first-order valence-electron chi connectivity index (χ1n) is 6.85. The first-order chi connectivity index (χ1) is 9.54. The minimum atomic E-state index is -0.799. The van der Waals surface area contributed by atoms with E-state index < -0.39 is 5.97 Å². The van der Waals surface area contributed by atoms with E-state index in [9.17, 15) is 9.59 Å². The molecule has 1 unspecified atom stereocenters. The quantitative estimate of drug-likeness (QED) is 0.860. The fourth-order valence-electron chi connectivity index (χ4n) is 2.43. The van der Waals surface area contributed by atoms with E-state index in [4.69, 9.17) is 5.11 Å². The molecule has 108 valence electrons. The van der Waals surface area contributed by atoms with Gasteiger partial charge in [0.05, 0.1) is 6.42 Å². The van der Waals surface area contributed by atoms with Crippen molar-refractivity contribution >= 4 is 12.0 Å². The number of aliphatic carboxylic acids is 1. The smallest absolute Gasteiger partial charge is 0.317 e. The number of hydrogen-bond donors (Lipinski definition) is 2. The number of nitrogens with zero attached hydrogens (tertiary/aromatic N) is 1. The Balaban J connectivity index is 1.71. The SMILES string of the molecule is CC(Cc1ccccc1)NC(=O)N1CC(CC(=O)O)C1. The summed E-state index contributed by atoms with van der Waals surface area (Å²) in [6, 6.07) is 9.96. The zero-order valence-electron chi connectivity index (χ0n) is 11.6. The standard InChI is InChI=1S/C15H20N2O3/c1-11(7-12-5-3-2-4-6-12)16-15(20)17-9-13(10-17)8-14(18)19/h2-6,11,13H,7-10H2,1H3,(H,16,20)(H,18,19). The number of benzene rings is 1. The lowest BCUT2D eigenvalue weighted by Gasteiger charge is -2.39. The number of urea groups is 1. The Labute approximate surface area is 118 Å². The second-order valence-electron chi connectivity index (χ2n) is 5.41. The van der Waals surface area contributed by atoms with Crippen LogP contribution in [0.2, 0.25) is 0 Å². The molecule has 5 heteroatoms. The lowest BCUT2D eigenvalue weighted by molar-refractivity contribution is -0.139. The highest BCUT2D eigenvalue weighted by Gasteiger charge is 2.32. The molecule has 1 atom stereocenters. The molecule has 1 aromatic carbocycles. The zero-order chi connectivity index (χ0) is 14.5. The molecule has 2 N–H and O–H groups in total. The molecule has 2 amide bonds. The van der Waals surface area contributed by atoms with Gasteiger partial charge in [-0.3, -0.25) is 4.79 Å². The first-order valence-corrected chi connectivity index (χ1v) is 6.85. The van der Waals surface area contributed by atoms with Gasteiger partial charge in [0.1, 0.15) is 0 Å². The van der Waals surface area contributed by atoms with E-state index in [2.05, 4.69) is 5.32 Å². The molecule has 5 nitrogen and oxygen atoms in total. The topological polar surface area (TPSA) is 69.6 Å². The Bertz CT molecular complexity index is 469. The summed E-state index contributed by atoms with van der Waals surface area (Å²) in [5, 5.41) is 11.6. The lowest BCUT2D eigenvalue weighted by atomic mass is 9.97. The number of rotatable bonds is 5. The molecule has 0 radical (unpaired) electrons. The molecule has 2 rings (SSSR count). The summed E-state index contributed by atoms with van der Waals surface area (Å²) in [6.45, 7) is 3.05. The van der Waals surface area contributed by atoms with Crippen LogP contribution >= 0.6 is 0 Å². The van der Waals surface area contributed by atoms with Crippen LogP contribution in [0.15, 0.2) is 30.3 Å². The molecule has 1 aliphatic rings. The van der Waals surface area contributed by atoms with Gasteiger partial charge in [0.15, 0.2) is 0 Å². The molecular weight excluding hydrogens is 256 g/mol. The second kappa shape index (κ2) is 6.41. The molecule has 1 fully saturated rings. The minimum absolute atomic E-state index is 0.0587. The normalized spacial score (nSPS) is 16.4. The van der Waals surface area contributed by atoms with Crippen LogP contribution in [0.5, 0.6) is 0 Å². The highest BCUT2D eigenvalue weighted by molar-refractivity contribution is 5.76. The van der Waals surface area contributed by atoms with Crippen molar-refractivity contribution in [3.8, 4) is 0 Å². The third kappa shape index (κ3) is 3.98. The summed E-state index contributed by atoms with van der Waals surface area (Å²) in [5.74, 6) is -0.699. The third-order valence-corrected chi connectivity index (χ3v) is 3.46. The minimum Gasteiger partial charge on any atom is -0.481 e. The van der Waals surface area contributed by atoms with E-state index in [-0.39, 0.29) is 24.4 Å². The maximum atomic E-state index is 11.9. The van der Waals surface area contributed by atoms with Crippen LogP contribution in [0.1, 0.15) is 18.9 Å². The largest absolute Gasteiger partial charge is 0.481 e. The summed E-state index contributed by atoms with van der Waals surface area (Å²) in [6.07, 6.45) is 0.933. The molecule has 0 saturated carbocycles. The van der Waals surface area contributed by atoms with Crippen molar-refractivity contribution in [2.45, 2.75) is 25.8 Å². The van der Waals surface area contributed by atoms with E-state index >= 15 is 0 Å². The Morgan fingerprint density at radius 1 is 1.35 bits per heavy atom. The van der Waals surface area contributed by atoms with Crippen LogP contribution in [0.3, 0.4) is 0 Å². The number of nitrogens with one attached hydrogen (secondary N) is 1. The van der Waals surface area contributed by atoms with Gasteiger partial charge in [-0.2, -0.15) is 0 Å². The Hall–Kier alpha value is -2.04. The van der Waals surface area contributed by atoms with Gasteiger partial charge in [0.25, 0.3) is 0 Å². The van der Waals surface area contributed by atoms with Crippen LogP contribution in [-0.2, 0) is 11.2 Å². The van der Waals surface area contributed by atoms with Crippen LogP contribution in [0, 0.1) is 5.92 Å². The summed E-state index contributed by atoms with van der Waals surface area (Å²) < 4.78 is 0. The summed E-state index contributed by atoms with van der Waals surface area (Å²) in [5.41, 5.74) is 1.19. The zero-order valence-corrected chi connectivity index (χ0v) is 11.6. The van der Waals surface area contributed by atoms with E-state index in [0.717, 1.165) is 6.42 Å². The third-order valence-electron chi connectivity index (χ3n) is 3.46. The van der Waals surface area contributed by atoms with Crippen LogP contribution in [0.25, 0.3) is 0 Å². The molecule has 1 aliphatic heterocycles. The van der Waals surface area contributed by atoms with Crippen molar-refractivity contribution in [3.05, 3.63) is 35.9 Å².